The van der Waals surface area contributed by atoms with E-state index in [1.54, 1.807) is 0 Å². The van der Waals surface area contributed by atoms with Crippen molar-refractivity contribution in [1.29, 1.82) is 0 Å². The zero-order chi connectivity index (χ0) is 0. The molecule has 0 heterocycles. The van der Waals surface area contributed by atoms with Crippen LogP contribution in [0.2, 0.25) is 0 Å². The van der Waals surface area contributed by atoms with Crippen LogP contribution in [0.1, 0.15) is 0 Å². The average Bonchev–Trinajstić information content (AvgIpc) is 0. The molecule has 0 aromatic heterocycles. The molecule has 0 saturated carbocycles. The summed E-state index contributed by atoms with van der Waals surface area (Å²) in [7, 11) is 0. The third kappa shape index (κ3) is 2210. The van der Waals surface area contributed by atoms with Crippen LogP contribution in [0.15, 0.2) is 0 Å². The summed E-state index contributed by atoms with van der Waals surface area (Å²) in [5, 5.41) is 0. The van der Waals surface area contributed by atoms with E-state index in [2.05, 4.69) is 0 Å². The second-order valence-corrected chi connectivity index (χ2v) is 0. The zero-order valence-electron chi connectivity index (χ0n) is 4.50. The molecule has 0 amide bonds. The minimum absolute atomic E-state index is 0. The van der Waals surface area contributed by atoms with Crippen molar-refractivity contribution in [1.82, 2.24) is 0 Å². The first-order valence-electron chi connectivity index (χ1n) is 0. The van der Waals surface area contributed by atoms with Gasteiger partial charge in [-0.2, -0.15) is 0 Å². The van der Waals surface area contributed by atoms with E-state index in [9.17, 15) is 0 Å². The van der Waals surface area contributed by atoms with Gasteiger partial charge in [-0.3, -0.25) is 0 Å². The van der Waals surface area contributed by atoms with Gasteiger partial charge in [0.15, 0.2) is 0 Å². The van der Waals surface area contributed by atoms with Crippen LogP contribution in [0.25, 0.3) is 0 Å². The van der Waals surface area contributed by atoms with Crippen molar-refractivity contribution in [2.24, 2.45) is 0 Å². The van der Waals surface area contributed by atoms with Crippen molar-refractivity contribution in [3.63, 3.8) is 0 Å². The van der Waals surface area contributed by atoms with E-state index in [0.717, 1.165) is 0 Å². The molecule has 0 aliphatic rings. The number of hydrogen-bond acceptors (Lipinski definition) is 0. The topological polar surface area (TPSA) is 252 Å². The Morgan fingerprint density at radius 2 is 0.222 bits per heavy atom. The van der Waals surface area contributed by atoms with E-state index in [1.165, 1.54) is 0 Å². The van der Waals surface area contributed by atoms with Crippen molar-refractivity contribution >= 4 is 0 Å². The first-order chi connectivity index (χ1) is 0. The summed E-state index contributed by atoms with van der Waals surface area (Å²) >= 11 is 0. The molecule has 0 rings (SSSR count). The predicted molar refractivity (Wildman–Crippen MR) is 28.9 cm³/mol. The molecule has 0 unspecified atom stereocenters. The van der Waals surface area contributed by atoms with Gasteiger partial charge in [-0.05, 0) is 0 Å². The fraction of sp³-hybridized carbons (Fsp3) is 0. The van der Waals surface area contributed by atoms with Gasteiger partial charge in [0.25, 0.3) is 0 Å². The monoisotopic (exact) mass is 192 g/mol. The number of hydrogen-bond donors (Lipinski definition) is 0. The molecular formula is H16O8Ti. The summed E-state index contributed by atoms with van der Waals surface area (Å²) in [6.45, 7) is 0. The van der Waals surface area contributed by atoms with Crippen molar-refractivity contribution in [3.8, 4) is 0 Å². The Bertz CT molecular complexity index is 4.53. The zero-order valence-corrected chi connectivity index (χ0v) is 6.06. The van der Waals surface area contributed by atoms with Gasteiger partial charge in [0.2, 0.25) is 0 Å². The van der Waals surface area contributed by atoms with Crippen LogP contribution >= 0.6 is 0 Å². The third-order valence-electron chi connectivity index (χ3n) is 0. The van der Waals surface area contributed by atoms with Crippen LogP contribution in [-0.4, -0.2) is 43.8 Å². The molecule has 0 aliphatic carbocycles. The van der Waals surface area contributed by atoms with Crippen LogP contribution in [0.5, 0.6) is 0 Å². The first-order valence-corrected chi connectivity index (χ1v) is 0. The molecule has 0 aromatic rings. The molecule has 0 bridgehead atoms. The van der Waals surface area contributed by atoms with E-state index in [0.29, 0.717) is 0 Å². The van der Waals surface area contributed by atoms with Gasteiger partial charge < -0.3 is 43.8 Å². The third-order valence-corrected chi connectivity index (χ3v) is 0. The number of rotatable bonds is 0. The van der Waals surface area contributed by atoms with E-state index >= 15 is 0 Å². The SMILES string of the molecule is O.O.O.O.O.O.O.O.[Ti]. The quantitative estimate of drug-likeness (QED) is 0.324. The molecule has 0 spiro atoms. The Balaban J connectivity index is 0. The van der Waals surface area contributed by atoms with Crippen molar-refractivity contribution in [3.05, 3.63) is 0 Å². The molecule has 16 N–H and O–H groups in total. The van der Waals surface area contributed by atoms with E-state index in [-0.39, 0.29) is 65.5 Å². The van der Waals surface area contributed by atoms with Crippen molar-refractivity contribution < 1.29 is 65.5 Å². The minimum Gasteiger partial charge on any atom is -0.412 e. The molecule has 0 atom stereocenters. The van der Waals surface area contributed by atoms with Crippen LogP contribution in [-0.2, 0) is 21.7 Å². The van der Waals surface area contributed by atoms with Crippen LogP contribution in [0.3, 0.4) is 0 Å². The van der Waals surface area contributed by atoms with Crippen LogP contribution in [0, 0.1) is 0 Å². The van der Waals surface area contributed by atoms with E-state index < -0.39 is 0 Å². The molecule has 0 aromatic carbocycles. The summed E-state index contributed by atoms with van der Waals surface area (Å²) in [5.74, 6) is 0. The Morgan fingerprint density at radius 3 is 0.222 bits per heavy atom. The van der Waals surface area contributed by atoms with Gasteiger partial charge in [0.1, 0.15) is 0 Å². The molecule has 8 nitrogen and oxygen atoms in total. The fourth-order valence-electron chi connectivity index (χ4n) is 0. The van der Waals surface area contributed by atoms with Crippen LogP contribution in [0.4, 0.5) is 0 Å². The summed E-state index contributed by atoms with van der Waals surface area (Å²) in [4.78, 5) is 0. The maximum Gasteiger partial charge on any atom is 0 e. The second kappa shape index (κ2) is 2950. The summed E-state index contributed by atoms with van der Waals surface area (Å²) in [6, 6.07) is 0. The van der Waals surface area contributed by atoms with E-state index in [4.69, 9.17) is 0 Å². The predicted octanol–water partition coefficient (Wildman–Crippen LogP) is -6.60. The van der Waals surface area contributed by atoms with Gasteiger partial charge in [0.05, 0.1) is 0 Å². The average molecular weight is 192 g/mol. The van der Waals surface area contributed by atoms with Crippen molar-refractivity contribution in [2.45, 2.75) is 0 Å². The molecule has 0 saturated heterocycles. The molecule has 9 heavy (non-hydrogen) atoms. The Morgan fingerprint density at radius 1 is 0.222 bits per heavy atom. The summed E-state index contributed by atoms with van der Waals surface area (Å²) in [5.41, 5.74) is 0. The Hall–Kier alpha value is 0.394. The normalized spacial score (nSPS) is 0. The molecule has 68 valence electrons. The molecule has 0 fully saturated rings. The largest absolute Gasteiger partial charge is 0.412 e. The van der Waals surface area contributed by atoms with Crippen LogP contribution < -0.4 is 0 Å². The molecule has 9 heteroatoms. The van der Waals surface area contributed by atoms with Gasteiger partial charge in [-0.25, -0.2) is 0 Å². The Labute approximate surface area is 66.2 Å². The van der Waals surface area contributed by atoms with Gasteiger partial charge in [-0.1, -0.05) is 0 Å². The standard InChI is InChI=1S/8H2O.Ti/h8*1H2;. The second-order valence-electron chi connectivity index (χ2n) is 0. The maximum atomic E-state index is 0. The summed E-state index contributed by atoms with van der Waals surface area (Å²) in [6.07, 6.45) is 0. The minimum atomic E-state index is 0. The molecule has 0 aliphatic heterocycles. The van der Waals surface area contributed by atoms with E-state index in [1.807, 2.05) is 0 Å². The maximum absolute atomic E-state index is 0. The van der Waals surface area contributed by atoms with Gasteiger partial charge in [0, 0.05) is 21.7 Å². The molecule has 0 radical (unpaired) electrons. The Kier molecular flexibility index (Phi) is 1400000. The summed E-state index contributed by atoms with van der Waals surface area (Å²) < 4.78 is 0. The van der Waals surface area contributed by atoms with Gasteiger partial charge >= 0.3 is 0 Å². The first kappa shape index (κ1) is 4260. The van der Waals surface area contributed by atoms with Gasteiger partial charge in [-0.15, -0.1) is 0 Å². The fourth-order valence-corrected chi connectivity index (χ4v) is 0. The smallest absolute Gasteiger partial charge is 0 e. The molecular weight excluding hydrogens is 176 g/mol. The van der Waals surface area contributed by atoms with Crippen molar-refractivity contribution in [2.75, 3.05) is 0 Å².